The predicted octanol–water partition coefficient (Wildman–Crippen LogP) is 3.29. The molecule has 24 heavy (non-hydrogen) atoms. The molecule has 1 amide bonds. The van der Waals surface area contributed by atoms with E-state index in [9.17, 15) is 24.8 Å². The summed E-state index contributed by atoms with van der Waals surface area (Å²) < 4.78 is 0. The molecule has 0 atom stereocenters. The smallest absolute Gasteiger partial charge is 0.271 e. The molecule has 2 rings (SSSR count). The number of nitrogens with one attached hydrogen (secondary N) is 1. The maximum absolute atomic E-state index is 11.9. The van der Waals surface area contributed by atoms with Crippen LogP contribution >= 0.6 is 0 Å². The normalized spacial score (nSPS) is 10.2. The number of nitro groups is 1. The molecule has 0 fully saturated rings. The Morgan fingerprint density at radius 3 is 2.46 bits per heavy atom. The van der Waals surface area contributed by atoms with Crippen molar-refractivity contribution in [3.05, 3.63) is 64.2 Å². The van der Waals surface area contributed by atoms with Gasteiger partial charge < -0.3 is 10.4 Å². The van der Waals surface area contributed by atoms with Crippen LogP contribution in [0.2, 0.25) is 0 Å². The molecule has 7 heteroatoms. The molecule has 2 aromatic carbocycles. The van der Waals surface area contributed by atoms with E-state index in [1.165, 1.54) is 0 Å². The zero-order valence-electron chi connectivity index (χ0n) is 12.8. The Bertz CT molecular complexity index is 759. The number of phenols is 1. The highest BCUT2D eigenvalue weighted by Gasteiger charge is 2.13. The third-order valence-corrected chi connectivity index (χ3v) is 3.37. The number of anilines is 1. The van der Waals surface area contributed by atoms with Crippen molar-refractivity contribution in [3.63, 3.8) is 0 Å². The zero-order valence-corrected chi connectivity index (χ0v) is 12.8. The Balaban J connectivity index is 1.87. The first-order valence-electron chi connectivity index (χ1n) is 7.33. The van der Waals surface area contributed by atoms with Crippen LogP contribution < -0.4 is 5.32 Å². The van der Waals surface area contributed by atoms with Crippen molar-refractivity contribution in [3.8, 4) is 5.75 Å². The van der Waals surface area contributed by atoms with Gasteiger partial charge in [0.25, 0.3) is 5.69 Å². The van der Waals surface area contributed by atoms with Crippen LogP contribution in [-0.4, -0.2) is 21.7 Å². The molecule has 0 saturated heterocycles. The van der Waals surface area contributed by atoms with Gasteiger partial charge in [0.1, 0.15) is 5.75 Å². The summed E-state index contributed by atoms with van der Waals surface area (Å²) >= 11 is 0. The Hall–Kier alpha value is -3.22. The van der Waals surface area contributed by atoms with Crippen molar-refractivity contribution >= 4 is 23.1 Å². The number of benzene rings is 2. The van der Waals surface area contributed by atoms with Gasteiger partial charge in [-0.2, -0.15) is 0 Å². The molecule has 0 aliphatic heterocycles. The molecule has 0 unspecified atom stereocenters. The summed E-state index contributed by atoms with van der Waals surface area (Å²) in [6, 6.07) is 12.2. The van der Waals surface area contributed by atoms with Crippen LogP contribution in [0.15, 0.2) is 48.5 Å². The predicted molar refractivity (Wildman–Crippen MR) is 88.0 cm³/mol. The van der Waals surface area contributed by atoms with Crippen LogP contribution in [0, 0.1) is 10.1 Å². The largest absolute Gasteiger partial charge is 0.506 e. The van der Waals surface area contributed by atoms with Crippen molar-refractivity contribution in [2.24, 2.45) is 0 Å². The van der Waals surface area contributed by atoms with Gasteiger partial charge in [-0.15, -0.1) is 0 Å². The second kappa shape index (κ2) is 7.87. The van der Waals surface area contributed by atoms with Crippen LogP contribution in [0.4, 0.5) is 11.4 Å². The van der Waals surface area contributed by atoms with Gasteiger partial charge in [0.2, 0.25) is 5.91 Å². The first-order valence-corrected chi connectivity index (χ1v) is 7.33. The number of carbonyl (C=O) groups excluding carboxylic acids is 2. The standard InChI is InChI=1S/C17H16N2O5/c20-15(12-5-2-1-3-6-12)7-4-8-17(22)18-14-11-13(19(23)24)9-10-16(14)21/h1-3,5-6,9-11,21H,4,7-8H2,(H,18,22). The number of amides is 1. The molecule has 0 aliphatic rings. The topological polar surface area (TPSA) is 110 Å². The van der Waals surface area contributed by atoms with E-state index in [0.717, 1.165) is 18.2 Å². The Labute approximate surface area is 138 Å². The summed E-state index contributed by atoms with van der Waals surface area (Å²) in [7, 11) is 0. The van der Waals surface area contributed by atoms with E-state index in [1.807, 2.05) is 6.07 Å². The molecule has 124 valence electrons. The molecular weight excluding hydrogens is 312 g/mol. The number of non-ortho nitro benzene ring substituents is 1. The molecule has 0 saturated carbocycles. The van der Waals surface area contributed by atoms with Gasteiger partial charge in [0.15, 0.2) is 5.78 Å². The Morgan fingerprint density at radius 1 is 1.08 bits per heavy atom. The zero-order chi connectivity index (χ0) is 17.5. The second-order valence-electron chi connectivity index (χ2n) is 5.15. The number of nitrogens with zero attached hydrogens (tertiary/aromatic N) is 1. The van der Waals surface area contributed by atoms with Crippen LogP contribution in [-0.2, 0) is 4.79 Å². The van der Waals surface area contributed by atoms with Gasteiger partial charge in [-0.25, -0.2) is 0 Å². The van der Waals surface area contributed by atoms with Crippen LogP contribution in [0.3, 0.4) is 0 Å². The third-order valence-electron chi connectivity index (χ3n) is 3.37. The van der Waals surface area contributed by atoms with E-state index in [0.29, 0.717) is 12.0 Å². The molecule has 0 radical (unpaired) electrons. The number of aromatic hydroxyl groups is 1. The third kappa shape index (κ3) is 4.64. The maximum atomic E-state index is 11.9. The minimum Gasteiger partial charge on any atom is -0.506 e. The lowest BCUT2D eigenvalue weighted by Crippen LogP contribution is -2.12. The molecule has 0 heterocycles. The monoisotopic (exact) mass is 328 g/mol. The number of hydrogen-bond donors (Lipinski definition) is 2. The number of carbonyl (C=O) groups is 2. The quantitative estimate of drug-likeness (QED) is 0.351. The molecule has 2 N–H and O–H groups in total. The van der Waals surface area contributed by atoms with E-state index < -0.39 is 10.8 Å². The highest BCUT2D eigenvalue weighted by molar-refractivity contribution is 5.97. The van der Waals surface area contributed by atoms with Crippen molar-refractivity contribution in [2.75, 3.05) is 5.32 Å². The minimum absolute atomic E-state index is 0.0245. The Morgan fingerprint density at radius 2 is 1.79 bits per heavy atom. The average Bonchev–Trinajstić information content (AvgIpc) is 2.57. The fraction of sp³-hybridized carbons (Fsp3) is 0.176. The van der Waals surface area contributed by atoms with Crippen LogP contribution in [0.25, 0.3) is 0 Å². The summed E-state index contributed by atoms with van der Waals surface area (Å²) in [6.07, 6.45) is 0.633. The highest BCUT2D eigenvalue weighted by atomic mass is 16.6. The van der Waals surface area contributed by atoms with E-state index in [2.05, 4.69) is 5.32 Å². The molecule has 7 nitrogen and oxygen atoms in total. The van der Waals surface area contributed by atoms with E-state index in [1.54, 1.807) is 24.3 Å². The molecule has 2 aromatic rings. The van der Waals surface area contributed by atoms with Crippen molar-refractivity contribution in [1.29, 1.82) is 0 Å². The van der Waals surface area contributed by atoms with Crippen LogP contribution in [0.5, 0.6) is 5.75 Å². The summed E-state index contributed by atoms with van der Waals surface area (Å²) in [5.74, 6) is -0.734. The SMILES string of the molecule is O=C(CCCC(=O)c1ccccc1)Nc1cc([N+](=O)[O-])ccc1O. The molecule has 0 spiro atoms. The molecule has 0 bridgehead atoms. The van der Waals surface area contributed by atoms with Gasteiger partial charge in [0, 0.05) is 30.5 Å². The number of nitro benzene ring substituents is 1. The number of ketones is 1. The number of phenolic OH excluding ortho intramolecular Hbond substituents is 1. The second-order valence-corrected chi connectivity index (χ2v) is 5.15. The Kier molecular flexibility index (Phi) is 5.62. The molecule has 0 aliphatic carbocycles. The van der Waals surface area contributed by atoms with Gasteiger partial charge >= 0.3 is 0 Å². The van der Waals surface area contributed by atoms with Gasteiger partial charge in [-0.1, -0.05) is 30.3 Å². The maximum Gasteiger partial charge on any atom is 0.271 e. The van der Waals surface area contributed by atoms with Crippen LogP contribution in [0.1, 0.15) is 29.6 Å². The van der Waals surface area contributed by atoms with Crippen molar-refractivity contribution in [2.45, 2.75) is 19.3 Å². The van der Waals surface area contributed by atoms with Gasteiger partial charge in [-0.3, -0.25) is 19.7 Å². The van der Waals surface area contributed by atoms with Crippen molar-refractivity contribution in [1.82, 2.24) is 0 Å². The first-order chi connectivity index (χ1) is 11.5. The summed E-state index contributed by atoms with van der Waals surface area (Å²) in [4.78, 5) is 33.9. The van der Waals surface area contributed by atoms with E-state index in [-0.39, 0.29) is 35.7 Å². The lowest BCUT2D eigenvalue weighted by molar-refractivity contribution is -0.384. The summed E-state index contributed by atoms with van der Waals surface area (Å²) in [5.41, 5.74) is 0.333. The summed E-state index contributed by atoms with van der Waals surface area (Å²) in [6.45, 7) is 0. The fourth-order valence-corrected chi connectivity index (χ4v) is 2.13. The first kappa shape index (κ1) is 17.1. The van der Waals surface area contributed by atoms with Crippen molar-refractivity contribution < 1.29 is 19.6 Å². The highest BCUT2D eigenvalue weighted by Crippen LogP contribution is 2.27. The minimum atomic E-state index is -0.617. The lowest BCUT2D eigenvalue weighted by atomic mass is 10.1. The number of hydrogen-bond acceptors (Lipinski definition) is 5. The average molecular weight is 328 g/mol. The van der Waals surface area contributed by atoms with E-state index in [4.69, 9.17) is 0 Å². The fourth-order valence-electron chi connectivity index (χ4n) is 2.13. The number of Topliss-reactive ketones (excluding diaryl/α,β-unsaturated/α-hetero) is 1. The lowest BCUT2D eigenvalue weighted by Gasteiger charge is -2.07. The van der Waals surface area contributed by atoms with Gasteiger partial charge in [0.05, 0.1) is 10.6 Å². The number of rotatable bonds is 7. The van der Waals surface area contributed by atoms with E-state index >= 15 is 0 Å². The summed E-state index contributed by atoms with van der Waals surface area (Å²) in [5, 5.41) is 22.8. The van der Waals surface area contributed by atoms with Gasteiger partial charge in [-0.05, 0) is 12.5 Å². The molecular formula is C17H16N2O5. The molecule has 0 aromatic heterocycles.